The van der Waals surface area contributed by atoms with Crippen molar-refractivity contribution in [3.8, 4) is 11.8 Å². The van der Waals surface area contributed by atoms with Crippen LogP contribution in [0.4, 0.5) is 5.82 Å². The Hall–Kier alpha value is -3.44. The summed E-state index contributed by atoms with van der Waals surface area (Å²) >= 11 is 1.54. The maximum absolute atomic E-state index is 11.9. The predicted octanol–water partition coefficient (Wildman–Crippen LogP) is 2.85. The number of benzene rings is 1. The second-order valence-electron chi connectivity index (χ2n) is 6.09. The zero-order chi connectivity index (χ0) is 19.9. The zero-order valence-corrected chi connectivity index (χ0v) is 16.2. The van der Waals surface area contributed by atoms with Crippen LogP contribution in [0, 0.1) is 18.3 Å². The number of thiazole rings is 1. The lowest BCUT2D eigenvalue weighted by molar-refractivity contribution is -0.116. The number of rotatable bonds is 7. The smallest absolute Gasteiger partial charge is 0.244 e. The van der Waals surface area contributed by atoms with Crippen LogP contribution in [0.3, 0.4) is 0 Å². The molecule has 0 aliphatic rings. The molecule has 0 unspecified atom stereocenters. The number of aromatic nitrogens is 3. The van der Waals surface area contributed by atoms with Crippen molar-refractivity contribution < 1.29 is 4.79 Å². The number of nitrogen functional groups attached to an aromatic ring is 1. The number of para-hydroxylation sites is 1. The Morgan fingerprint density at radius 1 is 1.39 bits per heavy atom. The number of hydrogen-bond acceptors (Lipinski definition) is 6. The van der Waals surface area contributed by atoms with Crippen molar-refractivity contribution in [3.05, 3.63) is 63.7 Å². The Kier molecular flexibility index (Phi) is 6.19. The van der Waals surface area contributed by atoms with Gasteiger partial charge in [0, 0.05) is 18.0 Å². The normalized spacial score (nSPS) is 10.9. The van der Waals surface area contributed by atoms with Gasteiger partial charge in [0.2, 0.25) is 5.91 Å². The minimum Gasteiger partial charge on any atom is -0.382 e. The fourth-order valence-corrected chi connectivity index (χ4v) is 3.27. The Labute approximate surface area is 167 Å². The van der Waals surface area contributed by atoms with Crippen LogP contribution in [0.25, 0.3) is 11.8 Å². The first kappa shape index (κ1) is 19.3. The predicted molar refractivity (Wildman–Crippen MR) is 110 cm³/mol. The highest BCUT2D eigenvalue weighted by atomic mass is 32.1. The lowest BCUT2D eigenvalue weighted by atomic mass is 10.1. The minimum atomic E-state index is -0.180. The van der Waals surface area contributed by atoms with Crippen LogP contribution in [0.5, 0.6) is 0 Å². The van der Waals surface area contributed by atoms with Crippen LogP contribution in [0.15, 0.2) is 41.8 Å². The number of nitrogens with zero attached hydrogens (tertiary/aromatic N) is 4. The topological polar surface area (TPSA) is 110 Å². The van der Waals surface area contributed by atoms with Gasteiger partial charge in [0.1, 0.15) is 17.5 Å². The van der Waals surface area contributed by atoms with Gasteiger partial charge < -0.3 is 11.1 Å². The molecule has 3 rings (SSSR count). The second kappa shape index (κ2) is 8.97. The van der Waals surface area contributed by atoms with Gasteiger partial charge in [-0.05, 0) is 38.0 Å². The summed E-state index contributed by atoms with van der Waals surface area (Å²) < 4.78 is 1.57. The molecule has 28 heavy (non-hydrogen) atoms. The van der Waals surface area contributed by atoms with Gasteiger partial charge in [-0.3, -0.25) is 4.79 Å². The van der Waals surface area contributed by atoms with Gasteiger partial charge in [0.05, 0.1) is 22.1 Å². The standard InChI is InChI=1S/C20H20N6OS/c1-14-24-15(13-28-14)9-10-19(27)23-11-5-8-18-17(12-21)20(22)26(25-18)16-6-3-2-4-7-16/h2-4,6-7,9-10,13H,5,8,11,22H2,1H3,(H,23,27)/b10-9+. The summed E-state index contributed by atoms with van der Waals surface area (Å²) in [7, 11) is 0. The van der Waals surface area contributed by atoms with Crippen LogP contribution < -0.4 is 11.1 Å². The van der Waals surface area contributed by atoms with E-state index in [9.17, 15) is 10.1 Å². The molecule has 0 bridgehead atoms. The Balaban J connectivity index is 1.55. The summed E-state index contributed by atoms with van der Waals surface area (Å²) in [6.45, 7) is 2.39. The average Bonchev–Trinajstić information content (AvgIpc) is 3.26. The summed E-state index contributed by atoms with van der Waals surface area (Å²) in [4.78, 5) is 16.2. The van der Waals surface area contributed by atoms with E-state index in [1.165, 1.54) is 6.08 Å². The molecule has 8 heteroatoms. The molecule has 0 saturated heterocycles. The van der Waals surface area contributed by atoms with Gasteiger partial charge in [-0.15, -0.1) is 11.3 Å². The molecule has 0 aliphatic heterocycles. The quantitative estimate of drug-likeness (QED) is 0.475. The molecular formula is C20H20N6OS. The molecule has 2 aromatic heterocycles. The van der Waals surface area contributed by atoms with E-state index < -0.39 is 0 Å². The molecule has 0 spiro atoms. The monoisotopic (exact) mass is 392 g/mol. The lowest BCUT2D eigenvalue weighted by Crippen LogP contribution is -2.22. The molecule has 142 valence electrons. The van der Waals surface area contributed by atoms with Gasteiger partial charge >= 0.3 is 0 Å². The van der Waals surface area contributed by atoms with Gasteiger partial charge in [0.25, 0.3) is 0 Å². The first-order chi connectivity index (χ1) is 13.6. The SMILES string of the molecule is Cc1nc(/C=C/C(=O)NCCCc2nn(-c3ccccc3)c(N)c2C#N)cs1. The van der Waals surface area contributed by atoms with Gasteiger partial charge in [-0.2, -0.15) is 10.4 Å². The van der Waals surface area contributed by atoms with Crippen molar-refractivity contribution in [2.24, 2.45) is 0 Å². The third-order valence-corrected chi connectivity index (χ3v) is 4.83. The maximum Gasteiger partial charge on any atom is 0.244 e. The van der Waals surface area contributed by atoms with E-state index in [0.717, 1.165) is 16.4 Å². The number of hydrogen-bond donors (Lipinski definition) is 2. The first-order valence-corrected chi connectivity index (χ1v) is 9.67. The van der Waals surface area contributed by atoms with E-state index in [1.54, 1.807) is 22.1 Å². The van der Waals surface area contributed by atoms with Crippen molar-refractivity contribution >= 4 is 29.1 Å². The first-order valence-electron chi connectivity index (χ1n) is 8.79. The Morgan fingerprint density at radius 3 is 2.86 bits per heavy atom. The number of amides is 1. The second-order valence-corrected chi connectivity index (χ2v) is 7.15. The van der Waals surface area contributed by atoms with Crippen molar-refractivity contribution in [2.45, 2.75) is 19.8 Å². The molecule has 0 fully saturated rings. The molecule has 1 amide bonds. The molecule has 0 atom stereocenters. The van der Waals surface area contributed by atoms with Crippen LogP contribution in [-0.2, 0) is 11.2 Å². The summed E-state index contributed by atoms with van der Waals surface area (Å²) in [5.74, 6) is 0.148. The summed E-state index contributed by atoms with van der Waals surface area (Å²) in [5, 5.41) is 19.6. The molecule has 1 aromatic carbocycles. The highest BCUT2D eigenvalue weighted by molar-refractivity contribution is 7.09. The van der Waals surface area contributed by atoms with E-state index in [4.69, 9.17) is 5.73 Å². The number of nitrogens with one attached hydrogen (secondary N) is 1. The molecule has 7 nitrogen and oxygen atoms in total. The van der Waals surface area contributed by atoms with Gasteiger partial charge in [-0.1, -0.05) is 18.2 Å². The number of anilines is 1. The van der Waals surface area contributed by atoms with Gasteiger partial charge in [0.15, 0.2) is 0 Å². The fraction of sp³-hybridized carbons (Fsp3) is 0.200. The Bertz CT molecular complexity index is 1030. The van der Waals surface area contributed by atoms with Crippen LogP contribution in [-0.4, -0.2) is 27.2 Å². The number of nitrogens with two attached hydrogens (primary N) is 1. The molecule has 0 aliphatic carbocycles. The zero-order valence-electron chi connectivity index (χ0n) is 15.4. The highest BCUT2D eigenvalue weighted by Crippen LogP contribution is 2.21. The molecule has 2 heterocycles. The molecule has 0 saturated carbocycles. The van der Waals surface area contributed by atoms with Crippen LogP contribution in [0.2, 0.25) is 0 Å². The van der Waals surface area contributed by atoms with Crippen molar-refractivity contribution in [1.29, 1.82) is 5.26 Å². The summed E-state index contributed by atoms with van der Waals surface area (Å²) in [5.41, 5.74) is 8.68. The largest absolute Gasteiger partial charge is 0.382 e. The Morgan fingerprint density at radius 2 is 2.18 bits per heavy atom. The number of carbonyl (C=O) groups excluding carboxylic acids is 1. The molecule has 0 radical (unpaired) electrons. The van der Waals surface area contributed by atoms with Crippen molar-refractivity contribution in [2.75, 3.05) is 12.3 Å². The van der Waals surface area contributed by atoms with Crippen molar-refractivity contribution in [1.82, 2.24) is 20.1 Å². The molecule has 3 aromatic rings. The van der Waals surface area contributed by atoms with Crippen LogP contribution >= 0.6 is 11.3 Å². The van der Waals surface area contributed by atoms with E-state index >= 15 is 0 Å². The number of aryl methyl sites for hydroxylation is 2. The van der Waals surface area contributed by atoms with Crippen molar-refractivity contribution in [3.63, 3.8) is 0 Å². The minimum absolute atomic E-state index is 0.180. The number of carbonyl (C=O) groups is 1. The number of nitriles is 1. The third kappa shape index (κ3) is 4.64. The maximum atomic E-state index is 11.9. The van der Waals surface area contributed by atoms with E-state index in [0.29, 0.717) is 36.5 Å². The third-order valence-electron chi connectivity index (χ3n) is 4.04. The summed E-state index contributed by atoms with van der Waals surface area (Å²) in [6.07, 6.45) is 4.35. The fourth-order valence-electron chi connectivity index (χ4n) is 2.69. The molecular weight excluding hydrogens is 372 g/mol. The van der Waals surface area contributed by atoms with E-state index in [-0.39, 0.29) is 5.91 Å². The average molecular weight is 392 g/mol. The lowest BCUT2D eigenvalue weighted by Gasteiger charge is -2.02. The van der Waals surface area contributed by atoms with E-state index in [2.05, 4.69) is 21.5 Å². The van der Waals surface area contributed by atoms with E-state index in [1.807, 2.05) is 42.6 Å². The summed E-state index contributed by atoms with van der Waals surface area (Å²) in [6, 6.07) is 11.6. The van der Waals surface area contributed by atoms with Gasteiger partial charge in [-0.25, -0.2) is 9.67 Å². The molecule has 3 N–H and O–H groups in total. The van der Waals surface area contributed by atoms with Crippen LogP contribution in [0.1, 0.15) is 28.4 Å². The highest BCUT2D eigenvalue weighted by Gasteiger charge is 2.16.